The number of likely N-dealkylation sites (tertiary alicyclic amines) is 2. The number of carbonyl (C=O) groups excluding carboxylic acids is 1. The van der Waals surface area contributed by atoms with Crippen LogP contribution in [0.15, 0.2) is 60.0 Å². The van der Waals surface area contributed by atoms with Crippen molar-refractivity contribution >= 4 is 27.7 Å². The predicted octanol–water partition coefficient (Wildman–Crippen LogP) is 3.41. The second-order valence-electron chi connectivity index (χ2n) is 7.87. The van der Waals surface area contributed by atoms with Crippen LogP contribution in [0.5, 0.6) is 0 Å². The number of benzene rings is 2. The molecule has 2 aliphatic heterocycles. The van der Waals surface area contributed by atoms with Crippen molar-refractivity contribution in [2.75, 3.05) is 30.9 Å². The minimum atomic E-state index is -3.63. The van der Waals surface area contributed by atoms with Crippen molar-refractivity contribution in [2.24, 2.45) is 0 Å². The van der Waals surface area contributed by atoms with Gasteiger partial charge in [-0.05, 0) is 68.3 Å². The molecule has 0 saturated carbocycles. The van der Waals surface area contributed by atoms with Crippen molar-refractivity contribution in [3.05, 3.63) is 71.1 Å². The molecule has 1 atom stereocenters. The van der Waals surface area contributed by atoms with E-state index in [0.29, 0.717) is 17.3 Å². The summed E-state index contributed by atoms with van der Waals surface area (Å²) in [6, 6.07) is 16.4. The standard InChI is InChI=1S/C23H27N3O3S/c27-23(26-16-12-22(18-26)25-14-4-5-15-25)20-8-10-21(11-9-20)24-30(28,29)17-13-19-6-2-1-3-7-19/h1-3,6-11,13,17,22,24H,4-5,12,14-16,18H2/b17-13+. The zero-order valence-corrected chi connectivity index (χ0v) is 17.7. The highest BCUT2D eigenvalue weighted by atomic mass is 32.2. The first kappa shape index (κ1) is 20.6. The lowest BCUT2D eigenvalue weighted by Crippen LogP contribution is -2.37. The molecule has 1 amide bonds. The van der Waals surface area contributed by atoms with Gasteiger partial charge in [-0.25, -0.2) is 8.42 Å². The SMILES string of the molecule is O=C(c1ccc(NS(=O)(=O)/C=C/c2ccccc2)cc1)N1CCC(N2CCCC2)C1. The summed E-state index contributed by atoms with van der Waals surface area (Å²) < 4.78 is 27.1. The normalized spacial score (nSPS) is 20.1. The Labute approximate surface area is 178 Å². The molecule has 2 aromatic rings. The molecule has 0 spiro atoms. The average molecular weight is 426 g/mol. The number of nitrogens with zero attached hydrogens (tertiary/aromatic N) is 2. The second kappa shape index (κ2) is 9.02. The van der Waals surface area contributed by atoms with Gasteiger partial charge in [0.25, 0.3) is 15.9 Å². The maximum Gasteiger partial charge on any atom is 0.255 e. The maximum atomic E-state index is 12.8. The first-order chi connectivity index (χ1) is 14.5. The third kappa shape index (κ3) is 5.09. The van der Waals surface area contributed by atoms with Gasteiger partial charge in [0.05, 0.1) is 5.41 Å². The lowest BCUT2D eigenvalue weighted by Gasteiger charge is -2.23. The molecule has 0 aliphatic carbocycles. The highest BCUT2D eigenvalue weighted by Gasteiger charge is 2.31. The van der Waals surface area contributed by atoms with Gasteiger partial charge >= 0.3 is 0 Å². The molecule has 158 valence electrons. The lowest BCUT2D eigenvalue weighted by molar-refractivity contribution is 0.0780. The Kier molecular flexibility index (Phi) is 6.20. The molecule has 2 heterocycles. The van der Waals surface area contributed by atoms with Crippen LogP contribution in [0, 0.1) is 0 Å². The summed E-state index contributed by atoms with van der Waals surface area (Å²) in [6.45, 7) is 3.83. The smallest absolute Gasteiger partial charge is 0.255 e. The highest BCUT2D eigenvalue weighted by Crippen LogP contribution is 2.22. The lowest BCUT2D eigenvalue weighted by atomic mass is 10.2. The number of rotatable bonds is 6. The number of hydrogen-bond donors (Lipinski definition) is 1. The number of amides is 1. The quantitative estimate of drug-likeness (QED) is 0.770. The number of sulfonamides is 1. The molecule has 0 radical (unpaired) electrons. The molecule has 4 rings (SSSR count). The molecule has 2 saturated heterocycles. The van der Waals surface area contributed by atoms with Crippen molar-refractivity contribution < 1.29 is 13.2 Å². The van der Waals surface area contributed by atoms with Gasteiger partial charge < -0.3 is 4.90 Å². The van der Waals surface area contributed by atoms with Gasteiger partial charge in [-0.2, -0.15) is 0 Å². The second-order valence-corrected chi connectivity index (χ2v) is 9.44. The van der Waals surface area contributed by atoms with Gasteiger partial charge in [-0.3, -0.25) is 14.4 Å². The molecule has 7 heteroatoms. The van der Waals surface area contributed by atoms with Gasteiger partial charge in [0.2, 0.25) is 0 Å². The fourth-order valence-electron chi connectivity index (χ4n) is 4.13. The Morgan fingerprint density at radius 1 is 0.967 bits per heavy atom. The van der Waals surface area contributed by atoms with Crippen LogP contribution in [0.25, 0.3) is 6.08 Å². The van der Waals surface area contributed by atoms with E-state index in [4.69, 9.17) is 0 Å². The van der Waals surface area contributed by atoms with Crippen LogP contribution in [0.3, 0.4) is 0 Å². The molecular weight excluding hydrogens is 398 g/mol. The third-order valence-electron chi connectivity index (χ3n) is 5.74. The average Bonchev–Trinajstić information content (AvgIpc) is 3.45. The zero-order valence-electron chi connectivity index (χ0n) is 16.9. The first-order valence-corrected chi connectivity index (χ1v) is 11.9. The largest absolute Gasteiger partial charge is 0.337 e. The summed E-state index contributed by atoms with van der Waals surface area (Å²) in [7, 11) is -3.63. The molecule has 6 nitrogen and oxygen atoms in total. The van der Waals surface area contributed by atoms with Gasteiger partial charge in [-0.1, -0.05) is 30.3 Å². The van der Waals surface area contributed by atoms with Crippen LogP contribution < -0.4 is 4.72 Å². The van der Waals surface area contributed by atoms with E-state index in [9.17, 15) is 13.2 Å². The Morgan fingerprint density at radius 2 is 1.67 bits per heavy atom. The van der Waals surface area contributed by atoms with Crippen molar-refractivity contribution in [1.82, 2.24) is 9.80 Å². The van der Waals surface area contributed by atoms with Crippen molar-refractivity contribution in [3.63, 3.8) is 0 Å². The summed E-state index contributed by atoms with van der Waals surface area (Å²) in [4.78, 5) is 17.2. The Balaban J connectivity index is 1.35. The fraction of sp³-hybridized carbons (Fsp3) is 0.348. The molecule has 2 aromatic carbocycles. The van der Waals surface area contributed by atoms with E-state index in [1.54, 1.807) is 30.3 Å². The summed E-state index contributed by atoms with van der Waals surface area (Å²) in [5.74, 6) is 0.00933. The number of carbonyl (C=O) groups is 1. The van der Waals surface area contributed by atoms with E-state index < -0.39 is 10.0 Å². The molecule has 2 fully saturated rings. The van der Waals surface area contributed by atoms with Crippen molar-refractivity contribution in [3.8, 4) is 0 Å². The molecular formula is C23H27N3O3S. The summed E-state index contributed by atoms with van der Waals surface area (Å²) in [5.41, 5.74) is 1.82. The van der Waals surface area contributed by atoms with Crippen LogP contribution in [-0.2, 0) is 10.0 Å². The van der Waals surface area contributed by atoms with Crippen LogP contribution >= 0.6 is 0 Å². The Bertz CT molecular complexity index is 998. The first-order valence-electron chi connectivity index (χ1n) is 10.4. The Morgan fingerprint density at radius 3 is 2.37 bits per heavy atom. The predicted molar refractivity (Wildman–Crippen MR) is 120 cm³/mol. The van der Waals surface area contributed by atoms with Crippen LogP contribution in [0.2, 0.25) is 0 Å². The van der Waals surface area contributed by atoms with Gasteiger partial charge in [-0.15, -0.1) is 0 Å². The number of hydrogen-bond acceptors (Lipinski definition) is 4. The number of nitrogens with one attached hydrogen (secondary N) is 1. The number of anilines is 1. The van der Waals surface area contributed by atoms with Crippen LogP contribution in [0.4, 0.5) is 5.69 Å². The summed E-state index contributed by atoms with van der Waals surface area (Å²) in [5, 5.41) is 1.14. The van der Waals surface area contributed by atoms with Crippen molar-refractivity contribution in [1.29, 1.82) is 0 Å². The van der Waals surface area contributed by atoms with Crippen LogP contribution in [0.1, 0.15) is 35.2 Å². The Hall–Kier alpha value is -2.64. The van der Waals surface area contributed by atoms with Crippen LogP contribution in [-0.4, -0.2) is 56.3 Å². The van der Waals surface area contributed by atoms with E-state index in [-0.39, 0.29) is 5.91 Å². The molecule has 1 N–H and O–H groups in total. The molecule has 0 aromatic heterocycles. The maximum absolute atomic E-state index is 12.8. The minimum Gasteiger partial charge on any atom is -0.337 e. The van der Waals surface area contributed by atoms with E-state index in [0.717, 1.165) is 43.6 Å². The monoisotopic (exact) mass is 425 g/mol. The molecule has 2 aliphatic rings. The topological polar surface area (TPSA) is 69.7 Å². The fourth-order valence-corrected chi connectivity index (χ4v) is 4.99. The third-order valence-corrected chi connectivity index (χ3v) is 6.75. The minimum absolute atomic E-state index is 0.00933. The van der Waals surface area contributed by atoms with E-state index in [1.165, 1.54) is 12.8 Å². The molecule has 0 bridgehead atoms. The highest BCUT2D eigenvalue weighted by molar-refractivity contribution is 7.95. The van der Waals surface area contributed by atoms with E-state index in [2.05, 4.69) is 9.62 Å². The van der Waals surface area contributed by atoms with Gasteiger partial charge in [0.15, 0.2) is 0 Å². The van der Waals surface area contributed by atoms with Gasteiger partial charge in [0.1, 0.15) is 0 Å². The van der Waals surface area contributed by atoms with Gasteiger partial charge in [0, 0.05) is 30.4 Å². The summed E-state index contributed by atoms with van der Waals surface area (Å²) in [6.07, 6.45) is 5.08. The van der Waals surface area contributed by atoms with E-state index in [1.807, 2.05) is 35.2 Å². The van der Waals surface area contributed by atoms with E-state index >= 15 is 0 Å². The summed E-state index contributed by atoms with van der Waals surface area (Å²) >= 11 is 0. The molecule has 1 unspecified atom stereocenters. The zero-order chi connectivity index (χ0) is 21.0. The van der Waals surface area contributed by atoms with Crippen molar-refractivity contribution in [2.45, 2.75) is 25.3 Å². The molecule has 30 heavy (non-hydrogen) atoms.